The van der Waals surface area contributed by atoms with E-state index in [1.807, 2.05) is 6.08 Å². The summed E-state index contributed by atoms with van der Waals surface area (Å²) in [6.07, 6.45) is 60.5. The Morgan fingerprint density at radius 3 is 1.20 bits per heavy atom. The molecule has 9 heteroatoms. The summed E-state index contributed by atoms with van der Waals surface area (Å²) in [4.78, 5) is 13.1. The Kier molecular flexibility index (Phi) is 47.9. The van der Waals surface area contributed by atoms with Crippen LogP contribution in [-0.4, -0.2) is 87.5 Å². The lowest BCUT2D eigenvalue weighted by molar-refractivity contribution is -0.302. The fourth-order valence-electron chi connectivity index (χ4n) is 9.36. The SMILES string of the molecule is CCCCCCCCCC/C=C\CCCCCCCCCCCCCCCCCCCC(=O)NC(COC1OC(CO)C(O)C(O)C1O)C(O)/C=C/CC/C=C/CC/C=C/CCCCCCCCCC. The Morgan fingerprint density at radius 2 is 0.814 bits per heavy atom. The van der Waals surface area contributed by atoms with Gasteiger partial charge in [-0.1, -0.05) is 249 Å². The first-order chi connectivity index (χ1) is 34.3. The maximum atomic E-state index is 13.1. The van der Waals surface area contributed by atoms with Crippen LogP contribution in [0.15, 0.2) is 48.6 Å². The molecule has 1 rings (SSSR count). The molecule has 1 saturated heterocycles. The van der Waals surface area contributed by atoms with E-state index in [1.54, 1.807) is 6.08 Å². The number of hydrogen-bond donors (Lipinski definition) is 6. The van der Waals surface area contributed by atoms with Gasteiger partial charge in [-0.05, 0) is 70.6 Å². The second kappa shape index (κ2) is 50.7. The van der Waals surface area contributed by atoms with E-state index in [2.05, 4.69) is 55.6 Å². The van der Waals surface area contributed by atoms with E-state index in [0.717, 1.165) is 44.9 Å². The molecule has 0 aromatic carbocycles. The van der Waals surface area contributed by atoms with Gasteiger partial charge in [0.1, 0.15) is 24.4 Å². The second-order valence-corrected chi connectivity index (χ2v) is 20.8. The average molecular weight is 989 g/mol. The fourth-order valence-corrected chi connectivity index (χ4v) is 9.36. The summed E-state index contributed by atoms with van der Waals surface area (Å²) in [5.41, 5.74) is 0. The van der Waals surface area contributed by atoms with Crippen LogP contribution in [0.5, 0.6) is 0 Å². The molecule has 6 N–H and O–H groups in total. The van der Waals surface area contributed by atoms with E-state index in [4.69, 9.17) is 9.47 Å². The fraction of sp³-hybridized carbons (Fsp3) is 0.852. The quantitative estimate of drug-likeness (QED) is 0.0261. The lowest BCUT2D eigenvalue weighted by atomic mass is 9.99. The lowest BCUT2D eigenvalue weighted by Crippen LogP contribution is -2.60. The van der Waals surface area contributed by atoms with Crippen LogP contribution in [0.25, 0.3) is 0 Å². The summed E-state index contributed by atoms with van der Waals surface area (Å²) in [7, 11) is 0. The standard InChI is InChI=1S/C61H113NO8/c1-3-5-7-9-11-13-15-17-19-21-23-24-25-26-27-28-29-30-31-32-33-35-37-39-41-43-45-47-49-51-57(65)62-54(53-69-61-60(68)59(67)58(66)56(52-63)70-61)55(64)50-48-46-44-42-40-38-36-34-22-20-18-16-14-12-10-8-6-4-2/h21-23,34,40,42,48,50,54-56,58-61,63-64,66-68H,3-20,24-33,35-39,41,43-47,49,51-53H2,1-2H3,(H,62,65)/b23-21-,34-22+,42-40+,50-48+. The van der Waals surface area contributed by atoms with E-state index in [9.17, 15) is 30.3 Å². The molecule has 0 bridgehead atoms. The van der Waals surface area contributed by atoms with Crippen molar-refractivity contribution in [2.45, 2.75) is 320 Å². The van der Waals surface area contributed by atoms with E-state index >= 15 is 0 Å². The van der Waals surface area contributed by atoms with Gasteiger partial charge in [-0.3, -0.25) is 4.79 Å². The Hall–Kier alpha value is -1.85. The van der Waals surface area contributed by atoms with Crippen LogP contribution >= 0.6 is 0 Å². The van der Waals surface area contributed by atoms with Gasteiger partial charge in [-0.15, -0.1) is 0 Å². The van der Waals surface area contributed by atoms with Crippen LogP contribution in [-0.2, 0) is 14.3 Å². The van der Waals surface area contributed by atoms with Crippen molar-refractivity contribution in [3.8, 4) is 0 Å². The number of aliphatic hydroxyl groups excluding tert-OH is 5. The highest BCUT2D eigenvalue weighted by atomic mass is 16.7. The minimum atomic E-state index is -1.57. The van der Waals surface area contributed by atoms with Crippen molar-refractivity contribution in [2.24, 2.45) is 0 Å². The summed E-state index contributed by atoms with van der Waals surface area (Å²) in [5, 5.41) is 54.5. The Labute approximate surface area is 431 Å². The summed E-state index contributed by atoms with van der Waals surface area (Å²) >= 11 is 0. The molecule has 0 aromatic heterocycles. The molecule has 1 fully saturated rings. The van der Waals surface area contributed by atoms with Gasteiger partial charge in [0.25, 0.3) is 0 Å². The van der Waals surface area contributed by atoms with Gasteiger partial charge in [0.15, 0.2) is 6.29 Å². The van der Waals surface area contributed by atoms with Crippen molar-refractivity contribution in [2.75, 3.05) is 13.2 Å². The summed E-state index contributed by atoms with van der Waals surface area (Å²) in [6.45, 7) is 3.77. The first-order valence-electron chi connectivity index (χ1n) is 29.9. The topological polar surface area (TPSA) is 149 Å². The number of unbranched alkanes of at least 4 members (excludes halogenated alkanes) is 35. The van der Waals surface area contributed by atoms with E-state index in [1.165, 1.54) is 212 Å². The number of nitrogens with one attached hydrogen (secondary N) is 1. The van der Waals surface area contributed by atoms with Crippen LogP contribution in [0.2, 0.25) is 0 Å². The van der Waals surface area contributed by atoms with E-state index < -0.39 is 49.5 Å². The normalized spacial score (nSPS) is 19.7. The van der Waals surface area contributed by atoms with Gasteiger partial charge in [-0.2, -0.15) is 0 Å². The molecule has 410 valence electrons. The Morgan fingerprint density at radius 1 is 0.471 bits per heavy atom. The van der Waals surface area contributed by atoms with Gasteiger partial charge >= 0.3 is 0 Å². The molecule has 0 aromatic rings. The van der Waals surface area contributed by atoms with Gasteiger partial charge < -0.3 is 40.3 Å². The van der Waals surface area contributed by atoms with Crippen LogP contribution in [0.4, 0.5) is 0 Å². The lowest BCUT2D eigenvalue weighted by Gasteiger charge is -2.40. The van der Waals surface area contributed by atoms with Gasteiger partial charge in [-0.25, -0.2) is 0 Å². The maximum absolute atomic E-state index is 13.1. The molecule has 0 aliphatic carbocycles. The van der Waals surface area contributed by atoms with E-state index in [0.29, 0.717) is 6.42 Å². The number of carbonyl (C=O) groups excluding carboxylic acids is 1. The van der Waals surface area contributed by atoms with Crippen LogP contribution < -0.4 is 5.32 Å². The first kappa shape index (κ1) is 66.2. The third kappa shape index (κ3) is 39.7. The molecular weight excluding hydrogens is 875 g/mol. The number of ether oxygens (including phenoxy) is 2. The first-order valence-corrected chi connectivity index (χ1v) is 29.9. The van der Waals surface area contributed by atoms with Crippen molar-refractivity contribution >= 4 is 5.91 Å². The summed E-state index contributed by atoms with van der Waals surface area (Å²) < 4.78 is 11.3. The third-order valence-corrected chi connectivity index (χ3v) is 14.1. The minimum Gasteiger partial charge on any atom is -0.394 e. The zero-order valence-corrected chi connectivity index (χ0v) is 45.5. The number of carbonyl (C=O) groups is 1. The van der Waals surface area contributed by atoms with Gasteiger partial charge in [0.05, 0.1) is 25.4 Å². The molecule has 1 aliphatic heterocycles. The molecule has 0 spiro atoms. The van der Waals surface area contributed by atoms with Crippen LogP contribution in [0.1, 0.15) is 277 Å². The second-order valence-electron chi connectivity index (χ2n) is 20.8. The predicted molar refractivity (Wildman–Crippen MR) is 295 cm³/mol. The molecule has 9 nitrogen and oxygen atoms in total. The van der Waals surface area contributed by atoms with Crippen LogP contribution in [0, 0.1) is 0 Å². The van der Waals surface area contributed by atoms with Crippen molar-refractivity contribution in [1.82, 2.24) is 5.32 Å². The van der Waals surface area contributed by atoms with Crippen LogP contribution in [0.3, 0.4) is 0 Å². The molecule has 70 heavy (non-hydrogen) atoms. The maximum Gasteiger partial charge on any atom is 0.220 e. The monoisotopic (exact) mass is 988 g/mol. The van der Waals surface area contributed by atoms with Gasteiger partial charge in [0, 0.05) is 6.42 Å². The third-order valence-electron chi connectivity index (χ3n) is 14.1. The zero-order chi connectivity index (χ0) is 50.8. The molecule has 7 atom stereocenters. The molecule has 0 radical (unpaired) electrons. The number of aliphatic hydroxyl groups is 5. The van der Waals surface area contributed by atoms with Crippen molar-refractivity contribution < 1.29 is 39.8 Å². The number of rotatable bonds is 51. The largest absolute Gasteiger partial charge is 0.394 e. The van der Waals surface area contributed by atoms with E-state index in [-0.39, 0.29) is 12.5 Å². The highest BCUT2D eigenvalue weighted by Gasteiger charge is 2.44. The highest BCUT2D eigenvalue weighted by Crippen LogP contribution is 2.23. The average Bonchev–Trinajstić information content (AvgIpc) is 3.36. The van der Waals surface area contributed by atoms with Crippen molar-refractivity contribution in [3.63, 3.8) is 0 Å². The molecule has 0 saturated carbocycles. The smallest absolute Gasteiger partial charge is 0.220 e. The number of allylic oxidation sites excluding steroid dienone is 7. The Balaban J connectivity index is 2.20. The molecular formula is C61H113NO8. The molecule has 1 aliphatic rings. The van der Waals surface area contributed by atoms with Crippen molar-refractivity contribution in [1.29, 1.82) is 0 Å². The number of amides is 1. The number of hydrogen-bond acceptors (Lipinski definition) is 8. The molecule has 7 unspecified atom stereocenters. The molecule has 1 heterocycles. The van der Waals surface area contributed by atoms with Gasteiger partial charge in [0.2, 0.25) is 5.91 Å². The molecule has 1 amide bonds. The summed E-state index contributed by atoms with van der Waals surface area (Å²) in [5.74, 6) is -0.188. The Bertz CT molecular complexity index is 1240. The predicted octanol–water partition coefficient (Wildman–Crippen LogP) is 14.9. The summed E-state index contributed by atoms with van der Waals surface area (Å²) in [6, 6.07) is -0.828. The highest BCUT2D eigenvalue weighted by molar-refractivity contribution is 5.76. The zero-order valence-electron chi connectivity index (χ0n) is 45.5. The van der Waals surface area contributed by atoms with Crippen molar-refractivity contribution in [3.05, 3.63) is 48.6 Å². The minimum absolute atomic E-state index is 0.188.